The van der Waals surface area contributed by atoms with Gasteiger partial charge in [-0.2, -0.15) is 0 Å². The van der Waals surface area contributed by atoms with E-state index >= 15 is 0 Å². The van der Waals surface area contributed by atoms with Crippen molar-refractivity contribution >= 4 is 49.4 Å². The first-order valence-electron chi connectivity index (χ1n) is 10.2. The molecule has 3 unspecified atom stereocenters. The van der Waals surface area contributed by atoms with Crippen LogP contribution in [0, 0.1) is 16.7 Å². The predicted octanol–water partition coefficient (Wildman–Crippen LogP) is 6.25. The van der Waals surface area contributed by atoms with Crippen LogP contribution in [0.25, 0.3) is 21.7 Å². The minimum absolute atomic E-state index is 0.0000138. The maximum absolute atomic E-state index is 12.6. The molecule has 29 heavy (non-hydrogen) atoms. The Balaban J connectivity index is 1.39. The lowest BCUT2D eigenvalue weighted by atomic mass is 9.70. The Bertz CT molecular complexity index is 1150. The zero-order chi connectivity index (χ0) is 20.2. The number of hydrogen-bond donors (Lipinski definition) is 0. The molecule has 2 saturated carbocycles. The summed E-state index contributed by atoms with van der Waals surface area (Å²) < 4.78 is 5.69. The Morgan fingerprint density at radius 2 is 2.10 bits per heavy atom. The lowest BCUT2D eigenvalue weighted by Gasteiger charge is -2.36. The molecule has 1 heterocycles. The van der Waals surface area contributed by atoms with Crippen LogP contribution in [-0.2, 0) is 16.1 Å². The fourth-order valence-electron chi connectivity index (χ4n) is 5.47. The molecule has 0 amide bonds. The van der Waals surface area contributed by atoms with Crippen LogP contribution in [-0.4, -0.2) is 17.0 Å². The molecule has 1 aromatic heterocycles. The first-order chi connectivity index (χ1) is 14.0. The maximum Gasteiger partial charge on any atom is 0.339 e. The average molecular weight is 454 g/mol. The number of nitrogens with zero attached hydrogens (tertiary/aromatic N) is 1. The van der Waals surface area contributed by atoms with Gasteiger partial charge in [0.15, 0.2) is 0 Å². The lowest BCUT2D eigenvalue weighted by molar-refractivity contribution is -0.142. The van der Waals surface area contributed by atoms with Crippen molar-refractivity contribution in [1.82, 2.24) is 0 Å². The fraction of sp³-hybridized carbons (Fsp3) is 0.417. The number of oxime groups is 1. The average Bonchev–Trinajstić information content (AvgIpc) is 3.32. The van der Waals surface area contributed by atoms with Gasteiger partial charge in [0.05, 0.1) is 18.4 Å². The van der Waals surface area contributed by atoms with Crippen molar-refractivity contribution in [3.63, 3.8) is 0 Å². The summed E-state index contributed by atoms with van der Waals surface area (Å²) >= 11 is 3.71. The van der Waals surface area contributed by atoms with Crippen molar-refractivity contribution in [2.45, 2.75) is 39.5 Å². The summed E-state index contributed by atoms with van der Waals surface area (Å²) in [6, 6.07) is 12.1. The highest BCUT2D eigenvalue weighted by molar-refractivity contribution is 9.09. The summed E-state index contributed by atoms with van der Waals surface area (Å²) in [5.74, 6) is 0.258. The second kappa shape index (κ2) is 6.69. The first-order valence-corrected chi connectivity index (χ1v) is 11.3. The Labute approximate surface area is 178 Å². The molecular weight excluding hydrogens is 430 g/mol. The summed E-state index contributed by atoms with van der Waals surface area (Å²) in [5.41, 5.74) is 2.84. The molecular formula is C24H24BrNO3. The van der Waals surface area contributed by atoms with Crippen LogP contribution >= 0.6 is 15.9 Å². The molecule has 2 aliphatic carbocycles. The van der Waals surface area contributed by atoms with E-state index in [0.29, 0.717) is 5.92 Å². The molecule has 2 aliphatic rings. The van der Waals surface area contributed by atoms with Gasteiger partial charge in [-0.25, -0.2) is 4.79 Å². The van der Waals surface area contributed by atoms with Gasteiger partial charge < -0.3 is 9.25 Å². The number of alkyl halides is 1. The van der Waals surface area contributed by atoms with Gasteiger partial charge in [-0.1, -0.05) is 65.3 Å². The van der Waals surface area contributed by atoms with Gasteiger partial charge in [0.2, 0.25) is 0 Å². The zero-order valence-corrected chi connectivity index (χ0v) is 18.3. The third-order valence-electron chi connectivity index (χ3n) is 7.64. The topological polar surface area (TPSA) is 51.8 Å². The maximum atomic E-state index is 12.6. The number of benzene rings is 2. The van der Waals surface area contributed by atoms with Gasteiger partial charge in [0, 0.05) is 21.7 Å². The molecule has 0 radical (unpaired) electrons. The van der Waals surface area contributed by atoms with Crippen molar-refractivity contribution in [3.05, 3.63) is 48.2 Å². The van der Waals surface area contributed by atoms with Crippen LogP contribution in [0.5, 0.6) is 0 Å². The molecule has 2 bridgehead atoms. The molecule has 3 aromatic rings. The first kappa shape index (κ1) is 18.9. The van der Waals surface area contributed by atoms with Gasteiger partial charge in [-0.3, -0.25) is 0 Å². The number of carbonyl (C=O) groups is 1. The molecule has 5 rings (SSSR count). The number of halogens is 1. The highest BCUT2D eigenvalue weighted by Gasteiger charge is 2.62. The highest BCUT2D eigenvalue weighted by atomic mass is 79.9. The predicted molar refractivity (Wildman–Crippen MR) is 118 cm³/mol. The molecule has 3 atom stereocenters. The van der Waals surface area contributed by atoms with Gasteiger partial charge in [-0.05, 0) is 47.4 Å². The van der Waals surface area contributed by atoms with Crippen molar-refractivity contribution < 1.29 is 14.0 Å². The van der Waals surface area contributed by atoms with Crippen LogP contribution in [0.3, 0.4) is 0 Å². The van der Waals surface area contributed by atoms with Gasteiger partial charge >= 0.3 is 5.97 Å². The molecule has 0 N–H and O–H groups in total. The normalized spacial score (nSPS) is 29.9. The summed E-state index contributed by atoms with van der Waals surface area (Å²) in [6.45, 7) is 4.59. The van der Waals surface area contributed by atoms with Gasteiger partial charge in [0.25, 0.3) is 0 Å². The summed E-state index contributed by atoms with van der Waals surface area (Å²) in [7, 11) is 0. The van der Waals surface area contributed by atoms with Gasteiger partial charge in [-0.15, -0.1) is 0 Å². The standard InChI is InChI=1S/C24H24BrNO3/c1-23-10-9-17(24(23,2)14-25)12-20(23)26-29-21(27)11-16-13-28-19-8-7-15-5-3-4-6-18(15)22(16)19/h3-8,13,17H,9-12,14H2,1-2H3. The number of hydrogen-bond acceptors (Lipinski definition) is 4. The van der Waals surface area contributed by atoms with Crippen molar-refractivity contribution in [2.75, 3.05) is 5.33 Å². The molecule has 0 spiro atoms. The van der Waals surface area contributed by atoms with E-state index < -0.39 is 0 Å². The Kier molecular flexibility index (Phi) is 4.35. The minimum Gasteiger partial charge on any atom is -0.464 e. The third-order valence-corrected chi connectivity index (χ3v) is 8.81. The highest BCUT2D eigenvalue weighted by Crippen LogP contribution is 2.64. The second-order valence-electron chi connectivity index (χ2n) is 8.92. The van der Waals surface area contributed by atoms with Crippen LogP contribution in [0.1, 0.15) is 38.7 Å². The third kappa shape index (κ3) is 2.70. The minimum atomic E-state index is -0.347. The Hall–Kier alpha value is -2.14. The summed E-state index contributed by atoms with van der Waals surface area (Å²) in [6.07, 6.45) is 5.05. The smallest absolute Gasteiger partial charge is 0.339 e. The van der Waals surface area contributed by atoms with Crippen LogP contribution in [0.4, 0.5) is 0 Å². The van der Waals surface area contributed by atoms with Crippen LogP contribution in [0.2, 0.25) is 0 Å². The van der Waals surface area contributed by atoms with E-state index in [1.54, 1.807) is 6.26 Å². The molecule has 150 valence electrons. The van der Waals surface area contributed by atoms with Crippen molar-refractivity contribution in [1.29, 1.82) is 0 Å². The molecule has 2 aromatic carbocycles. The van der Waals surface area contributed by atoms with E-state index in [4.69, 9.17) is 9.25 Å². The molecule has 4 nitrogen and oxygen atoms in total. The second-order valence-corrected chi connectivity index (χ2v) is 9.48. The number of fused-ring (bicyclic) bond motifs is 5. The fourth-order valence-corrected chi connectivity index (χ4v) is 6.55. The van der Waals surface area contributed by atoms with Crippen molar-refractivity contribution in [3.8, 4) is 0 Å². The van der Waals surface area contributed by atoms with Crippen LogP contribution < -0.4 is 0 Å². The molecule has 5 heteroatoms. The monoisotopic (exact) mass is 453 g/mol. The van der Waals surface area contributed by atoms with E-state index in [9.17, 15) is 4.79 Å². The number of carbonyl (C=O) groups excluding carboxylic acids is 1. The molecule has 0 saturated heterocycles. The van der Waals surface area contributed by atoms with E-state index in [0.717, 1.165) is 51.2 Å². The lowest BCUT2D eigenvalue weighted by Crippen LogP contribution is -2.36. The molecule has 0 aliphatic heterocycles. The summed E-state index contributed by atoms with van der Waals surface area (Å²) in [5, 5.41) is 8.49. The zero-order valence-electron chi connectivity index (χ0n) is 16.7. The van der Waals surface area contributed by atoms with E-state index in [1.807, 2.05) is 24.3 Å². The molecule has 2 fully saturated rings. The SMILES string of the molecule is CC12CCC(CC1=NOC(=O)Cc1coc3ccc4ccccc4c13)C2(C)CBr. The van der Waals surface area contributed by atoms with E-state index in [-0.39, 0.29) is 23.2 Å². The van der Waals surface area contributed by atoms with Gasteiger partial charge in [0.1, 0.15) is 5.58 Å². The quantitative estimate of drug-likeness (QED) is 0.266. The van der Waals surface area contributed by atoms with E-state index in [1.165, 1.54) is 6.42 Å². The Morgan fingerprint density at radius 1 is 1.28 bits per heavy atom. The number of furan rings is 1. The van der Waals surface area contributed by atoms with Crippen LogP contribution in [0.15, 0.2) is 52.2 Å². The van der Waals surface area contributed by atoms with Crippen molar-refractivity contribution in [2.24, 2.45) is 21.9 Å². The Morgan fingerprint density at radius 3 is 2.90 bits per heavy atom. The summed E-state index contributed by atoms with van der Waals surface area (Å²) in [4.78, 5) is 18.0. The number of rotatable bonds is 4. The largest absolute Gasteiger partial charge is 0.464 e. The van der Waals surface area contributed by atoms with E-state index in [2.05, 4.69) is 47.1 Å².